The summed E-state index contributed by atoms with van der Waals surface area (Å²) in [6, 6.07) is 13.3. The van der Waals surface area contributed by atoms with E-state index in [4.69, 9.17) is 11.6 Å². The number of aryl methyl sites for hydroxylation is 1. The standard InChI is InChI=1S/C17H19ClFN/c1-11-8-9-14(10-17(11)19)12(2)20-13(3)15-6-4-5-7-16(15)18/h4-10,12-13,20H,1-3H3/t12?,13-/m0/s1. The first-order valence-electron chi connectivity index (χ1n) is 6.75. The average molecular weight is 292 g/mol. The molecule has 0 fully saturated rings. The Morgan fingerprint density at radius 1 is 1.05 bits per heavy atom. The summed E-state index contributed by atoms with van der Waals surface area (Å²) in [6.45, 7) is 5.85. The summed E-state index contributed by atoms with van der Waals surface area (Å²) in [5.74, 6) is -0.165. The fourth-order valence-electron chi connectivity index (χ4n) is 2.27. The van der Waals surface area contributed by atoms with Crippen molar-refractivity contribution in [1.29, 1.82) is 0 Å². The summed E-state index contributed by atoms with van der Waals surface area (Å²) in [6.07, 6.45) is 0. The molecule has 0 amide bonds. The van der Waals surface area contributed by atoms with Gasteiger partial charge >= 0.3 is 0 Å². The molecule has 106 valence electrons. The third-order valence-electron chi connectivity index (χ3n) is 3.57. The van der Waals surface area contributed by atoms with Gasteiger partial charge in [0, 0.05) is 17.1 Å². The lowest BCUT2D eigenvalue weighted by Crippen LogP contribution is -2.22. The molecule has 0 aliphatic carbocycles. The van der Waals surface area contributed by atoms with Crippen LogP contribution in [-0.2, 0) is 0 Å². The lowest BCUT2D eigenvalue weighted by atomic mass is 10.0. The Morgan fingerprint density at radius 3 is 2.40 bits per heavy atom. The van der Waals surface area contributed by atoms with Gasteiger partial charge in [0.05, 0.1) is 0 Å². The Morgan fingerprint density at radius 2 is 1.75 bits per heavy atom. The van der Waals surface area contributed by atoms with Crippen molar-refractivity contribution in [1.82, 2.24) is 5.32 Å². The van der Waals surface area contributed by atoms with Crippen molar-refractivity contribution in [3.8, 4) is 0 Å². The maximum Gasteiger partial charge on any atom is 0.126 e. The van der Waals surface area contributed by atoms with E-state index in [1.807, 2.05) is 43.3 Å². The van der Waals surface area contributed by atoms with E-state index in [1.54, 1.807) is 13.0 Å². The van der Waals surface area contributed by atoms with E-state index >= 15 is 0 Å². The number of nitrogens with one attached hydrogen (secondary N) is 1. The minimum absolute atomic E-state index is 0.0522. The molecule has 0 heterocycles. The molecule has 2 rings (SSSR count). The lowest BCUT2D eigenvalue weighted by Gasteiger charge is -2.22. The van der Waals surface area contributed by atoms with Gasteiger partial charge in [-0.15, -0.1) is 0 Å². The smallest absolute Gasteiger partial charge is 0.126 e. The molecule has 20 heavy (non-hydrogen) atoms. The first kappa shape index (κ1) is 15.0. The van der Waals surface area contributed by atoms with E-state index in [1.165, 1.54) is 0 Å². The van der Waals surface area contributed by atoms with Gasteiger partial charge in [-0.2, -0.15) is 0 Å². The number of rotatable bonds is 4. The van der Waals surface area contributed by atoms with Gasteiger partial charge in [0.15, 0.2) is 0 Å². The van der Waals surface area contributed by atoms with Crippen LogP contribution < -0.4 is 5.32 Å². The summed E-state index contributed by atoms with van der Waals surface area (Å²) in [5, 5.41) is 4.19. The normalized spacial score (nSPS) is 14.1. The molecular weight excluding hydrogens is 273 g/mol. The summed E-state index contributed by atoms with van der Waals surface area (Å²) in [4.78, 5) is 0. The molecule has 0 saturated carbocycles. The Labute approximate surface area is 124 Å². The van der Waals surface area contributed by atoms with Crippen molar-refractivity contribution < 1.29 is 4.39 Å². The Kier molecular flexibility index (Phi) is 4.79. The quantitative estimate of drug-likeness (QED) is 0.816. The molecule has 2 aromatic carbocycles. The summed E-state index contributed by atoms with van der Waals surface area (Å²) in [5.41, 5.74) is 2.65. The Balaban J connectivity index is 2.13. The van der Waals surface area contributed by atoms with E-state index in [-0.39, 0.29) is 17.9 Å². The minimum Gasteiger partial charge on any atom is -0.304 e. The van der Waals surface area contributed by atoms with Crippen LogP contribution in [0.5, 0.6) is 0 Å². The molecule has 0 aromatic heterocycles. The van der Waals surface area contributed by atoms with Crippen molar-refractivity contribution in [2.24, 2.45) is 0 Å². The lowest BCUT2D eigenvalue weighted by molar-refractivity contribution is 0.491. The Bertz CT molecular complexity index is 597. The fourth-order valence-corrected chi connectivity index (χ4v) is 2.57. The van der Waals surface area contributed by atoms with E-state index in [0.717, 1.165) is 16.1 Å². The van der Waals surface area contributed by atoms with E-state index in [9.17, 15) is 4.39 Å². The van der Waals surface area contributed by atoms with Gasteiger partial charge in [0.25, 0.3) is 0 Å². The second-order valence-electron chi connectivity index (χ2n) is 5.14. The van der Waals surface area contributed by atoms with Crippen LogP contribution in [0.15, 0.2) is 42.5 Å². The first-order valence-corrected chi connectivity index (χ1v) is 7.13. The highest BCUT2D eigenvalue weighted by Gasteiger charge is 2.14. The van der Waals surface area contributed by atoms with Gasteiger partial charge in [-0.1, -0.05) is 41.9 Å². The van der Waals surface area contributed by atoms with Gasteiger partial charge in [-0.05, 0) is 49.6 Å². The second-order valence-corrected chi connectivity index (χ2v) is 5.55. The van der Waals surface area contributed by atoms with Gasteiger partial charge in [-0.25, -0.2) is 4.39 Å². The molecule has 0 bridgehead atoms. The van der Waals surface area contributed by atoms with Crippen molar-refractivity contribution in [2.45, 2.75) is 32.9 Å². The molecular formula is C17H19ClFN. The predicted octanol–water partition coefficient (Wildman–Crippen LogP) is 5.20. The van der Waals surface area contributed by atoms with Crippen LogP contribution in [0.2, 0.25) is 5.02 Å². The van der Waals surface area contributed by atoms with Crippen LogP contribution in [0.4, 0.5) is 4.39 Å². The summed E-state index contributed by atoms with van der Waals surface area (Å²) < 4.78 is 13.6. The maximum absolute atomic E-state index is 13.6. The molecule has 0 spiro atoms. The van der Waals surface area contributed by atoms with Crippen molar-refractivity contribution in [3.05, 3.63) is 70.0 Å². The number of hydrogen-bond donors (Lipinski definition) is 1. The number of benzene rings is 2. The third kappa shape index (κ3) is 3.38. The molecule has 0 aliphatic rings. The maximum atomic E-state index is 13.6. The van der Waals surface area contributed by atoms with Gasteiger partial charge in [0.1, 0.15) is 5.82 Å². The zero-order chi connectivity index (χ0) is 14.7. The molecule has 1 N–H and O–H groups in total. The van der Waals surface area contributed by atoms with Gasteiger partial charge < -0.3 is 5.32 Å². The average Bonchev–Trinajstić information content (AvgIpc) is 2.42. The van der Waals surface area contributed by atoms with E-state index < -0.39 is 0 Å². The van der Waals surface area contributed by atoms with Crippen molar-refractivity contribution >= 4 is 11.6 Å². The Hall–Kier alpha value is -1.38. The van der Waals surface area contributed by atoms with Crippen LogP contribution in [0.3, 0.4) is 0 Å². The van der Waals surface area contributed by atoms with Gasteiger partial charge in [0.2, 0.25) is 0 Å². The fraction of sp³-hybridized carbons (Fsp3) is 0.294. The molecule has 1 nitrogen and oxygen atoms in total. The molecule has 2 atom stereocenters. The topological polar surface area (TPSA) is 12.0 Å². The first-order chi connectivity index (χ1) is 9.49. The SMILES string of the molecule is Cc1ccc(C(C)N[C@@H](C)c2ccccc2Cl)cc1F. The highest BCUT2D eigenvalue weighted by atomic mass is 35.5. The molecule has 0 aliphatic heterocycles. The largest absolute Gasteiger partial charge is 0.304 e. The predicted molar refractivity (Wildman–Crippen MR) is 82.6 cm³/mol. The zero-order valence-corrected chi connectivity index (χ0v) is 12.7. The summed E-state index contributed by atoms with van der Waals surface area (Å²) >= 11 is 6.19. The number of hydrogen-bond acceptors (Lipinski definition) is 1. The molecule has 0 saturated heterocycles. The van der Waals surface area contributed by atoms with E-state index in [2.05, 4.69) is 12.2 Å². The molecule has 2 aromatic rings. The van der Waals surface area contributed by atoms with Crippen LogP contribution in [0.25, 0.3) is 0 Å². The number of halogens is 2. The van der Waals surface area contributed by atoms with Crippen LogP contribution >= 0.6 is 11.6 Å². The monoisotopic (exact) mass is 291 g/mol. The minimum atomic E-state index is -0.165. The van der Waals surface area contributed by atoms with E-state index in [0.29, 0.717) is 5.56 Å². The zero-order valence-electron chi connectivity index (χ0n) is 12.0. The van der Waals surface area contributed by atoms with Crippen LogP contribution in [0, 0.1) is 12.7 Å². The molecule has 3 heteroatoms. The third-order valence-corrected chi connectivity index (χ3v) is 3.91. The molecule has 1 unspecified atom stereocenters. The van der Waals surface area contributed by atoms with Crippen molar-refractivity contribution in [3.63, 3.8) is 0 Å². The van der Waals surface area contributed by atoms with Crippen molar-refractivity contribution in [2.75, 3.05) is 0 Å². The summed E-state index contributed by atoms with van der Waals surface area (Å²) in [7, 11) is 0. The molecule has 0 radical (unpaired) electrons. The van der Waals surface area contributed by atoms with Crippen LogP contribution in [0.1, 0.15) is 42.6 Å². The highest BCUT2D eigenvalue weighted by Crippen LogP contribution is 2.25. The van der Waals surface area contributed by atoms with Gasteiger partial charge in [-0.3, -0.25) is 0 Å². The second kappa shape index (κ2) is 6.38. The van der Waals surface area contributed by atoms with Crippen LogP contribution in [-0.4, -0.2) is 0 Å². The highest BCUT2D eigenvalue weighted by molar-refractivity contribution is 6.31.